The molecule has 0 aromatic carbocycles. The van der Waals surface area contributed by atoms with Crippen LogP contribution in [0.3, 0.4) is 0 Å². The molecule has 3 aromatic heterocycles. The highest BCUT2D eigenvalue weighted by atomic mass is 35.5. The number of rotatable bonds is 3. The Kier molecular flexibility index (Phi) is 3.15. The van der Waals surface area contributed by atoms with E-state index in [1.807, 2.05) is 0 Å². The molecule has 3 rings (SSSR count). The number of thiophene rings is 1. The monoisotopic (exact) mass is 323 g/mol. The molecule has 0 aliphatic heterocycles. The molecule has 0 unspecified atom stereocenters. The van der Waals surface area contributed by atoms with Crippen molar-refractivity contribution in [2.45, 2.75) is 0 Å². The van der Waals surface area contributed by atoms with Gasteiger partial charge in [0.25, 0.3) is 0 Å². The molecule has 0 bridgehead atoms. The van der Waals surface area contributed by atoms with Gasteiger partial charge in [0, 0.05) is 6.07 Å². The van der Waals surface area contributed by atoms with Crippen molar-refractivity contribution in [1.29, 1.82) is 0 Å². The Bertz CT molecular complexity index is 882. The second-order valence-electron chi connectivity index (χ2n) is 4.10. The summed E-state index contributed by atoms with van der Waals surface area (Å²) in [4.78, 5) is 27.1. The molecule has 0 amide bonds. The van der Waals surface area contributed by atoms with Gasteiger partial charge in [-0.1, -0.05) is 11.6 Å². The van der Waals surface area contributed by atoms with Crippen LogP contribution < -0.4 is 0 Å². The standard InChI is InChI=1S/C13H6ClNO5S/c14-10-2-1-9(21-10)7-3-6(12(16)17)5-4-8(13(18)19)20-11(5)15-7/h1-4H,(H,16,17)(H,18,19). The number of furan rings is 1. The summed E-state index contributed by atoms with van der Waals surface area (Å²) in [7, 11) is 0. The van der Waals surface area contributed by atoms with E-state index in [9.17, 15) is 14.7 Å². The third kappa shape index (κ3) is 2.37. The Morgan fingerprint density at radius 2 is 1.95 bits per heavy atom. The van der Waals surface area contributed by atoms with Crippen molar-refractivity contribution >= 4 is 46.0 Å². The van der Waals surface area contributed by atoms with Gasteiger partial charge in [-0.05, 0) is 18.2 Å². The number of aromatic nitrogens is 1. The first kappa shape index (κ1) is 13.6. The molecular weight excluding hydrogens is 318 g/mol. The van der Waals surface area contributed by atoms with Crippen LogP contribution in [0.1, 0.15) is 20.9 Å². The van der Waals surface area contributed by atoms with Crippen molar-refractivity contribution in [2.75, 3.05) is 0 Å². The predicted molar refractivity (Wildman–Crippen MR) is 76.3 cm³/mol. The molecule has 0 aliphatic carbocycles. The molecule has 3 aromatic rings. The number of carboxylic acid groups (broad SMARTS) is 2. The van der Waals surface area contributed by atoms with Crippen LogP contribution in [0.15, 0.2) is 28.7 Å². The SMILES string of the molecule is O=C(O)c1cc2c(C(=O)O)cc(-c3ccc(Cl)s3)nc2o1. The summed E-state index contributed by atoms with van der Waals surface area (Å²) in [6.45, 7) is 0. The molecule has 2 N–H and O–H groups in total. The highest BCUT2D eigenvalue weighted by molar-refractivity contribution is 7.19. The van der Waals surface area contributed by atoms with Crippen molar-refractivity contribution in [2.24, 2.45) is 0 Å². The number of hydrogen-bond acceptors (Lipinski definition) is 5. The van der Waals surface area contributed by atoms with Crippen LogP contribution in [0, 0.1) is 0 Å². The van der Waals surface area contributed by atoms with E-state index in [2.05, 4.69) is 4.98 Å². The summed E-state index contributed by atoms with van der Waals surface area (Å²) in [6.07, 6.45) is 0. The number of carbonyl (C=O) groups is 2. The maximum absolute atomic E-state index is 11.3. The van der Waals surface area contributed by atoms with Gasteiger partial charge in [-0.25, -0.2) is 14.6 Å². The Morgan fingerprint density at radius 3 is 2.52 bits per heavy atom. The van der Waals surface area contributed by atoms with Crippen molar-refractivity contribution in [1.82, 2.24) is 4.98 Å². The quantitative estimate of drug-likeness (QED) is 0.763. The lowest BCUT2D eigenvalue weighted by Crippen LogP contribution is -1.98. The fourth-order valence-electron chi connectivity index (χ4n) is 1.87. The van der Waals surface area contributed by atoms with Gasteiger partial charge < -0.3 is 14.6 Å². The highest BCUT2D eigenvalue weighted by Gasteiger charge is 2.20. The molecule has 8 heteroatoms. The maximum atomic E-state index is 11.3. The molecule has 0 fully saturated rings. The van der Waals surface area contributed by atoms with Gasteiger partial charge in [0.2, 0.25) is 11.5 Å². The van der Waals surface area contributed by atoms with Gasteiger partial charge in [-0.2, -0.15) is 0 Å². The number of nitrogens with zero attached hydrogens (tertiary/aromatic N) is 1. The molecule has 0 aliphatic rings. The third-order valence-corrected chi connectivity index (χ3v) is 4.03. The molecular formula is C13H6ClNO5S. The number of pyridine rings is 1. The number of hydrogen-bond donors (Lipinski definition) is 2. The van der Waals surface area contributed by atoms with E-state index in [0.717, 1.165) is 6.07 Å². The van der Waals surface area contributed by atoms with Crippen molar-refractivity contribution in [3.05, 3.63) is 39.9 Å². The van der Waals surface area contributed by atoms with E-state index in [1.54, 1.807) is 12.1 Å². The largest absolute Gasteiger partial charge is 0.478 e. The van der Waals surface area contributed by atoms with E-state index in [1.165, 1.54) is 17.4 Å². The molecule has 0 radical (unpaired) electrons. The van der Waals surface area contributed by atoms with E-state index in [4.69, 9.17) is 21.1 Å². The van der Waals surface area contributed by atoms with Crippen LogP contribution >= 0.6 is 22.9 Å². The van der Waals surface area contributed by atoms with Gasteiger partial charge in [0.15, 0.2) is 0 Å². The first-order valence-corrected chi connectivity index (χ1v) is 6.82. The second kappa shape index (κ2) is 4.87. The van der Waals surface area contributed by atoms with Crippen molar-refractivity contribution in [3.63, 3.8) is 0 Å². The normalized spacial score (nSPS) is 10.9. The molecule has 6 nitrogen and oxygen atoms in total. The van der Waals surface area contributed by atoms with Gasteiger partial charge in [-0.15, -0.1) is 11.3 Å². The molecule has 3 heterocycles. The molecule has 0 spiro atoms. The van der Waals surface area contributed by atoms with Crippen molar-refractivity contribution in [3.8, 4) is 10.6 Å². The summed E-state index contributed by atoms with van der Waals surface area (Å²) in [5.41, 5.74) is 0.255. The molecule has 21 heavy (non-hydrogen) atoms. The first-order valence-electron chi connectivity index (χ1n) is 5.62. The van der Waals surface area contributed by atoms with Gasteiger partial charge in [0.1, 0.15) is 0 Å². The molecule has 0 atom stereocenters. The maximum Gasteiger partial charge on any atom is 0.371 e. The lowest BCUT2D eigenvalue weighted by Gasteiger charge is -2.00. The minimum Gasteiger partial charge on any atom is -0.478 e. The predicted octanol–water partition coefficient (Wildman–Crippen LogP) is 3.61. The lowest BCUT2D eigenvalue weighted by atomic mass is 10.1. The minimum atomic E-state index is -1.29. The fraction of sp³-hybridized carbons (Fsp3) is 0. The summed E-state index contributed by atoms with van der Waals surface area (Å²) in [6, 6.07) is 5.89. The van der Waals surface area contributed by atoms with E-state index in [-0.39, 0.29) is 22.4 Å². The molecule has 106 valence electrons. The number of halogens is 1. The summed E-state index contributed by atoms with van der Waals surface area (Å²) >= 11 is 7.08. The lowest BCUT2D eigenvalue weighted by molar-refractivity contribution is 0.0661. The van der Waals surface area contributed by atoms with E-state index >= 15 is 0 Å². The zero-order valence-electron chi connectivity index (χ0n) is 10.2. The Labute approximate surface area is 126 Å². The van der Waals surface area contributed by atoms with Crippen LogP contribution in [0.5, 0.6) is 0 Å². The van der Waals surface area contributed by atoms with Crippen LogP contribution in [0.2, 0.25) is 4.34 Å². The van der Waals surface area contributed by atoms with Crippen LogP contribution in [-0.4, -0.2) is 27.1 Å². The van der Waals surface area contributed by atoms with E-state index < -0.39 is 11.9 Å². The van der Waals surface area contributed by atoms with Gasteiger partial charge in [-0.3, -0.25) is 0 Å². The zero-order chi connectivity index (χ0) is 15.1. The van der Waals surface area contributed by atoms with Crippen molar-refractivity contribution < 1.29 is 24.2 Å². The Morgan fingerprint density at radius 1 is 1.19 bits per heavy atom. The summed E-state index contributed by atoms with van der Waals surface area (Å²) in [5.74, 6) is -2.84. The van der Waals surface area contributed by atoms with Gasteiger partial charge in [0.05, 0.1) is 25.9 Å². The second-order valence-corrected chi connectivity index (χ2v) is 5.81. The Hall–Kier alpha value is -2.38. The smallest absolute Gasteiger partial charge is 0.371 e. The topological polar surface area (TPSA) is 101 Å². The first-order chi connectivity index (χ1) is 9.95. The minimum absolute atomic E-state index is 0.0353. The zero-order valence-corrected chi connectivity index (χ0v) is 11.7. The molecule has 0 saturated carbocycles. The van der Waals surface area contributed by atoms with Crippen LogP contribution in [0.25, 0.3) is 21.7 Å². The number of aromatic carboxylic acids is 2. The average Bonchev–Trinajstić information content (AvgIpc) is 3.02. The average molecular weight is 324 g/mol. The Balaban J connectivity index is 2.28. The number of carboxylic acids is 2. The van der Waals surface area contributed by atoms with Crippen LogP contribution in [0.4, 0.5) is 0 Å². The fourth-order valence-corrected chi connectivity index (χ4v) is 2.88. The summed E-state index contributed by atoms with van der Waals surface area (Å²) < 4.78 is 5.62. The number of fused-ring (bicyclic) bond motifs is 1. The van der Waals surface area contributed by atoms with E-state index in [0.29, 0.717) is 14.9 Å². The highest BCUT2D eigenvalue weighted by Crippen LogP contribution is 2.33. The summed E-state index contributed by atoms with van der Waals surface area (Å²) in [5, 5.41) is 18.3. The molecule has 0 saturated heterocycles. The third-order valence-electron chi connectivity index (χ3n) is 2.77. The van der Waals surface area contributed by atoms with Crippen LogP contribution in [-0.2, 0) is 0 Å². The van der Waals surface area contributed by atoms with Gasteiger partial charge >= 0.3 is 11.9 Å².